The summed E-state index contributed by atoms with van der Waals surface area (Å²) in [6.07, 6.45) is 4.80. The number of phenols is 1. The highest BCUT2D eigenvalue weighted by atomic mass is 79.9. The van der Waals surface area contributed by atoms with E-state index in [1.165, 1.54) is 25.3 Å². The predicted octanol–water partition coefficient (Wildman–Crippen LogP) is 3.84. The van der Waals surface area contributed by atoms with Crippen LogP contribution >= 0.6 is 31.9 Å². The van der Waals surface area contributed by atoms with Gasteiger partial charge in [-0.05, 0) is 37.0 Å². The lowest BCUT2D eigenvalue weighted by Gasteiger charge is -2.27. The molecule has 2 atom stereocenters. The van der Waals surface area contributed by atoms with Crippen LogP contribution in [0.3, 0.4) is 0 Å². The van der Waals surface area contributed by atoms with E-state index in [1.807, 2.05) is 0 Å². The average Bonchev–Trinajstić information content (AvgIpc) is 2.37. The number of carbonyl (C=O) groups excluding carboxylic acids is 1. The van der Waals surface area contributed by atoms with Crippen LogP contribution in [0.5, 0.6) is 5.75 Å². The molecule has 19 heavy (non-hydrogen) atoms. The van der Waals surface area contributed by atoms with Gasteiger partial charge in [-0.1, -0.05) is 44.7 Å². The Morgan fingerprint density at radius 1 is 1.37 bits per heavy atom. The average molecular weight is 391 g/mol. The van der Waals surface area contributed by atoms with E-state index in [1.54, 1.807) is 12.1 Å². The van der Waals surface area contributed by atoms with Crippen LogP contribution in [0.4, 0.5) is 0 Å². The number of hydrogen-bond acceptors (Lipinski definition) is 2. The Balaban J connectivity index is 1.93. The fourth-order valence-electron chi connectivity index (χ4n) is 2.41. The Labute approximate surface area is 130 Å². The number of benzene rings is 1. The smallest absolute Gasteiger partial charge is 0.255 e. The van der Waals surface area contributed by atoms with Crippen molar-refractivity contribution in [1.82, 2.24) is 5.32 Å². The SMILES string of the molecule is O=C(NCC1CCCCC1Br)c1ccc(Br)cc1O. The molecule has 1 amide bonds. The number of hydrogen-bond donors (Lipinski definition) is 2. The topological polar surface area (TPSA) is 49.3 Å². The summed E-state index contributed by atoms with van der Waals surface area (Å²) in [7, 11) is 0. The van der Waals surface area contributed by atoms with Crippen LogP contribution < -0.4 is 5.32 Å². The van der Waals surface area contributed by atoms with Gasteiger partial charge < -0.3 is 10.4 Å². The van der Waals surface area contributed by atoms with Crippen LogP contribution in [0.15, 0.2) is 22.7 Å². The Hall–Kier alpha value is -0.550. The highest BCUT2D eigenvalue weighted by Crippen LogP contribution is 2.29. The molecule has 104 valence electrons. The van der Waals surface area contributed by atoms with Crippen molar-refractivity contribution in [2.24, 2.45) is 5.92 Å². The van der Waals surface area contributed by atoms with Gasteiger partial charge in [0.2, 0.25) is 0 Å². The maximum atomic E-state index is 12.0. The molecule has 0 radical (unpaired) electrons. The number of phenolic OH excluding ortho intramolecular Hbond substituents is 1. The maximum absolute atomic E-state index is 12.0. The molecular weight excluding hydrogens is 374 g/mol. The normalized spacial score (nSPS) is 23.1. The number of nitrogens with one attached hydrogen (secondary N) is 1. The first-order valence-electron chi connectivity index (χ1n) is 6.48. The van der Waals surface area contributed by atoms with Gasteiger partial charge in [0.1, 0.15) is 5.75 Å². The third kappa shape index (κ3) is 3.96. The predicted molar refractivity (Wildman–Crippen MR) is 82.8 cm³/mol. The summed E-state index contributed by atoms with van der Waals surface area (Å²) in [4.78, 5) is 12.5. The van der Waals surface area contributed by atoms with Crippen molar-refractivity contribution in [1.29, 1.82) is 0 Å². The molecule has 1 aliphatic rings. The minimum atomic E-state index is -0.213. The minimum absolute atomic E-state index is 0.00547. The molecule has 1 aromatic carbocycles. The van der Waals surface area contributed by atoms with Crippen LogP contribution in [-0.4, -0.2) is 22.4 Å². The molecule has 1 aliphatic carbocycles. The molecule has 1 saturated carbocycles. The lowest BCUT2D eigenvalue weighted by Crippen LogP contribution is -2.34. The molecule has 1 aromatic rings. The van der Waals surface area contributed by atoms with E-state index in [4.69, 9.17) is 0 Å². The van der Waals surface area contributed by atoms with Crippen LogP contribution in [0.25, 0.3) is 0 Å². The number of halogens is 2. The van der Waals surface area contributed by atoms with Gasteiger partial charge in [0.25, 0.3) is 5.91 Å². The van der Waals surface area contributed by atoms with E-state index in [-0.39, 0.29) is 11.7 Å². The standard InChI is InChI=1S/C14H17Br2NO2/c15-10-5-6-11(13(18)7-10)14(19)17-8-9-3-1-2-4-12(9)16/h5-7,9,12,18H,1-4,8H2,(H,17,19). The van der Waals surface area contributed by atoms with Crippen LogP contribution in [0.2, 0.25) is 0 Å². The molecule has 0 saturated heterocycles. The summed E-state index contributed by atoms with van der Waals surface area (Å²) in [5.41, 5.74) is 0.324. The Kier molecular flexibility index (Phi) is 5.28. The van der Waals surface area contributed by atoms with Crippen molar-refractivity contribution >= 4 is 37.8 Å². The zero-order chi connectivity index (χ0) is 13.8. The first-order valence-corrected chi connectivity index (χ1v) is 8.19. The molecule has 1 fully saturated rings. The minimum Gasteiger partial charge on any atom is -0.507 e. The fourth-order valence-corrected chi connectivity index (χ4v) is 3.53. The zero-order valence-corrected chi connectivity index (χ0v) is 13.7. The van der Waals surface area contributed by atoms with Crippen molar-refractivity contribution in [3.8, 4) is 5.75 Å². The molecule has 2 unspecified atom stereocenters. The van der Waals surface area contributed by atoms with E-state index < -0.39 is 0 Å². The van der Waals surface area contributed by atoms with Gasteiger partial charge in [-0.3, -0.25) is 4.79 Å². The van der Waals surface area contributed by atoms with Crippen molar-refractivity contribution in [3.63, 3.8) is 0 Å². The second-order valence-electron chi connectivity index (χ2n) is 4.93. The summed E-state index contributed by atoms with van der Waals surface area (Å²) < 4.78 is 0.759. The lowest BCUT2D eigenvalue weighted by atomic mass is 9.89. The monoisotopic (exact) mass is 389 g/mol. The second kappa shape index (κ2) is 6.75. The molecule has 0 spiro atoms. The van der Waals surface area contributed by atoms with Crippen molar-refractivity contribution in [2.45, 2.75) is 30.5 Å². The van der Waals surface area contributed by atoms with Crippen LogP contribution in [-0.2, 0) is 0 Å². The molecule has 0 bridgehead atoms. The number of amides is 1. The molecule has 5 heteroatoms. The summed E-state index contributed by atoms with van der Waals surface area (Å²) in [5.74, 6) is 0.275. The number of rotatable bonds is 3. The quantitative estimate of drug-likeness (QED) is 0.770. The number of carbonyl (C=O) groups is 1. The molecule has 0 aromatic heterocycles. The molecular formula is C14H17Br2NO2. The van der Waals surface area contributed by atoms with Crippen molar-refractivity contribution < 1.29 is 9.90 Å². The van der Waals surface area contributed by atoms with E-state index in [2.05, 4.69) is 37.2 Å². The summed E-state index contributed by atoms with van der Waals surface area (Å²) in [6, 6.07) is 4.91. The summed E-state index contributed by atoms with van der Waals surface area (Å²) in [5, 5.41) is 12.7. The molecule has 2 rings (SSSR count). The fraction of sp³-hybridized carbons (Fsp3) is 0.500. The van der Waals surface area contributed by atoms with Crippen LogP contribution in [0, 0.1) is 5.92 Å². The number of aromatic hydroxyl groups is 1. The largest absolute Gasteiger partial charge is 0.507 e. The summed E-state index contributed by atoms with van der Waals surface area (Å²) >= 11 is 6.94. The Morgan fingerprint density at radius 3 is 2.79 bits per heavy atom. The van der Waals surface area contributed by atoms with E-state index in [0.717, 1.165) is 10.9 Å². The third-order valence-corrected chi connectivity index (χ3v) is 5.24. The van der Waals surface area contributed by atoms with E-state index in [0.29, 0.717) is 22.9 Å². The molecule has 0 aliphatic heterocycles. The van der Waals surface area contributed by atoms with Crippen LogP contribution in [0.1, 0.15) is 36.0 Å². The highest BCUT2D eigenvalue weighted by molar-refractivity contribution is 9.10. The van der Waals surface area contributed by atoms with Crippen molar-refractivity contribution in [3.05, 3.63) is 28.2 Å². The first-order chi connectivity index (χ1) is 9.08. The molecule has 2 N–H and O–H groups in total. The lowest BCUT2D eigenvalue weighted by molar-refractivity contribution is 0.0942. The highest BCUT2D eigenvalue weighted by Gasteiger charge is 2.23. The van der Waals surface area contributed by atoms with Crippen molar-refractivity contribution in [2.75, 3.05) is 6.54 Å². The zero-order valence-electron chi connectivity index (χ0n) is 10.5. The van der Waals surface area contributed by atoms with Gasteiger partial charge >= 0.3 is 0 Å². The Morgan fingerprint density at radius 2 is 2.11 bits per heavy atom. The summed E-state index contributed by atoms with van der Waals surface area (Å²) in [6.45, 7) is 0.657. The van der Waals surface area contributed by atoms with Gasteiger partial charge in [-0.15, -0.1) is 0 Å². The molecule has 3 nitrogen and oxygen atoms in total. The number of alkyl halides is 1. The van der Waals surface area contributed by atoms with Gasteiger partial charge in [0.15, 0.2) is 0 Å². The third-order valence-electron chi connectivity index (χ3n) is 3.55. The van der Waals surface area contributed by atoms with E-state index in [9.17, 15) is 9.90 Å². The Bertz CT molecular complexity index is 465. The second-order valence-corrected chi connectivity index (χ2v) is 7.02. The first kappa shape index (κ1) is 14.9. The van der Waals surface area contributed by atoms with Gasteiger partial charge in [0.05, 0.1) is 5.56 Å². The molecule has 0 heterocycles. The van der Waals surface area contributed by atoms with Gasteiger partial charge in [-0.25, -0.2) is 0 Å². The van der Waals surface area contributed by atoms with Gasteiger partial charge in [-0.2, -0.15) is 0 Å². The van der Waals surface area contributed by atoms with Gasteiger partial charge in [0, 0.05) is 15.8 Å². The van der Waals surface area contributed by atoms with E-state index >= 15 is 0 Å². The maximum Gasteiger partial charge on any atom is 0.255 e.